The fourth-order valence-corrected chi connectivity index (χ4v) is 1.81. The third-order valence-corrected chi connectivity index (χ3v) is 2.58. The fraction of sp³-hybridized carbons (Fsp3) is 0.600. The second-order valence-electron chi connectivity index (χ2n) is 3.92. The number of anilines is 1. The van der Waals surface area contributed by atoms with Crippen LogP contribution in [0.1, 0.15) is 19.8 Å². The standard InChI is InChI=1S/C10H15N3O2/c1-7-2-3-8(15-7)6-13-10(14)5-4-9(11)12-13/h4-5,7-8H,2-3,6H2,1H3,(H2,11,12). The Labute approximate surface area is 87.8 Å². The van der Waals surface area contributed by atoms with Crippen LogP contribution >= 0.6 is 0 Å². The maximum Gasteiger partial charge on any atom is 0.266 e. The van der Waals surface area contributed by atoms with Crippen LogP contribution in [-0.4, -0.2) is 22.0 Å². The number of hydrogen-bond donors (Lipinski definition) is 1. The topological polar surface area (TPSA) is 70.1 Å². The molecule has 2 N–H and O–H groups in total. The summed E-state index contributed by atoms with van der Waals surface area (Å²) in [4.78, 5) is 11.4. The third kappa shape index (κ3) is 2.36. The van der Waals surface area contributed by atoms with E-state index >= 15 is 0 Å². The number of ether oxygens (including phenoxy) is 1. The van der Waals surface area contributed by atoms with Gasteiger partial charge in [0.1, 0.15) is 5.82 Å². The molecule has 0 amide bonds. The molecular formula is C10H15N3O2. The van der Waals surface area contributed by atoms with Crippen molar-refractivity contribution in [3.8, 4) is 0 Å². The minimum absolute atomic E-state index is 0.0898. The summed E-state index contributed by atoms with van der Waals surface area (Å²) in [6, 6.07) is 2.94. The Morgan fingerprint density at radius 3 is 3.07 bits per heavy atom. The zero-order chi connectivity index (χ0) is 10.8. The first-order chi connectivity index (χ1) is 7.15. The van der Waals surface area contributed by atoms with Crippen LogP contribution in [0.3, 0.4) is 0 Å². The predicted molar refractivity (Wildman–Crippen MR) is 56.5 cm³/mol. The second kappa shape index (κ2) is 4.02. The van der Waals surface area contributed by atoms with Crippen LogP contribution < -0.4 is 11.3 Å². The maximum absolute atomic E-state index is 11.4. The lowest BCUT2D eigenvalue weighted by atomic mass is 10.2. The summed E-state index contributed by atoms with van der Waals surface area (Å²) < 4.78 is 6.99. The van der Waals surface area contributed by atoms with Crippen LogP contribution in [0.15, 0.2) is 16.9 Å². The number of nitrogen functional groups attached to an aromatic ring is 1. The molecule has 82 valence electrons. The fourth-order valence-electron chi connectivity index (χ4n) is 1.81. The molecule has 1 aliphatic heterocycles. The van der Waals surface area contributed by atoms with Gasteiger partial charge in [0.05, 0.1) is 18.8 Å². The quantitative estimate of drug-likeness (QED) is 0.765. The predicted octanol–water partition coefficient (Wildman–Crippen LogP) is 0.393. The molecule has 1 aromatic rings. The number of nitrogens with zero attached hydrogens (tertiary/aromatic N) is 2. The molecule has 1 fully saturated rings. The van der Waals surface area contributed by atoms with Crippen molar-refractivity contribution in [3.63, 3.8) is 0 Å². The third-order valence-electron chi connectivity index (χ3n) is 2.58. The van der Waals surface area contributed by atoms with Crippen molar-refractivity contribution >= 4 is 5.82 Å². The van der Waals surface area contributed by atoms with Gasteiger partial charge in [-0.05, 0) is 25.8 Å². The molecule has 1 aromatic heterocycles. The summed E-state index contributed by atoms with van der Waals surface area (Å²) in [7, 11) is 0. The zero-order valence-electron chi connectivity index (χ0n) is 8.72. The highest BCUT2D eigenvalue weighted by molar-refractivity contribution is 5.23. The normalized spacial score (nSPS) is 25.7. The highest BCUT2D eigenvalue weighted by Gasteiger charge is 2.22. The highest BCUT2D eigenvalue weighted by atomic mass is 16.5. The number of nitrogens with two attached hydrogens (primary N) is 1. The van der Waals surface area contributed by atoms with Gasteiger partial charge in [0.25, 0.3) is 5.56 Å². The molecule has 5 heteroatoms. The molecule has 1 aliphatic rings. The molecule has 0 aromatic carbocycles. The first-order valence-corrected chi connectivity index (χ1v) is 5.14. The monoisotopic (exact) mass is 209 g/mol. The average molecular weight is 209 g/mol. The van der Waals surface area contributed by atoms with Gasteiger partial charge in [-0.3, -0.25) is 4.79 Å². The Balaban J connectivity index is 2.10. The number of rotatable bonds is 2. The molecular weight excluding hydrogens is 194 g/mol. The van der Waals surface area contributed by atoms with Crippen molar-refractivity contribution < 1.29 is 4.74 Å². The summed E-state index contributed by atoms with van der Waals surface area (Å²) in [6.45, 7) is 2.53. The van der Waals surface area contributed by atoms with Crippen LogP contribution in [0.2, 0.25) is 0 Å². The van der Waals surface area contributed by atoms with E-state index in [0.29, 0.717) is 12.4 Å². The maximum atomic E-state index is 11.4. The summed E-state index contributed by atoms with van der Waals surface area (Å²) >= 11 is 0. The number of aromatic nitrogens is 2. The first kappa shape index (κ1) is 10.2. The van der Waals surface area contributed by atoms with Crippen molar-refractivity contribution in [2.45, 2.75) is 38.5 Å². The van der Waals surface area contributed by atoms with Crippen LogP contribution in [0.25, 0.3) is 0 Å². The lowest BCUT2D eigenvalue weighted by Crippen LogP contribution is -2.28. The summed E-state index contributed by atoms with van der Waals surface area (Å²) in [6.07, 6.45) is 2.39. The molecule has 2 rings (SSSR count). The molecule has 0 bridgehead atoms. The van der Waals surface area contributed by atoms with Gasteiger partial charge < -0.3 is 10.5 Å². The van der Waals surface area contributed by atoms with Crippen LogP contribution in [0.5, 0.6) is 0 Å². The van der Waals surface area contributed by atoms with Gasteiger partial charge in [-0.15, -0.1) is 0 Å². The van der Waals surface area contributed by atoms with Crippen molar-refractivity contribution in [1.29, 1.82) is 0 Å². The van der Waals surface area contributed by atoms with E-state index in [0.717, 1.165) is 12.8 Å². The van der Waals surface area contributed by atoms with E-state index < -0.39 is 0 Å². The Hall–Kier alpha value is -1.36. The molecule has 0 aliphatic carbocycles. The second-order valence-corrected chi connectivity index (χ2v) is 3.92. The SMILES string of the molecule is CC1CCC(Cn2nc(N)ccc2=O)O1. The van der Waals surface area contributed by atoms with E-state index in [9.17, 15) is 4.79 Å². The Bertz CT molecular complexity index is 402. The van der Waals surface area contributed by atoms with E-state index in [1.807, 2.05) is 6.92 Å². The lowest BCUT2D eigenvalue weighted by Gasteiger charge is -2.11. The van der Waals surface area contributed by atoms with Crippen LogP contribution in [0.4, 0.5) is 5.82 Å². The van der Waals surface area contributed by atoms with Gasteiger partial charge in [-0.25, -0.2) is 4.68 Å². The average Bonchev–Trinajstić information content (AvgIpc) is 2.58. The van der Waals surface area contributed by atoms with Gasteiger partial charge in [0, 0.05) is 6.07 Å². The Morgan fingerprint density at radius 1 is 1.60 bits per heavy atom. The van der Waals surface area contributed by atoms with E-state index in [1.165, 1.54) is 16.8 Å². The van der Waals surface area contributed by atoms with E-state index in [-0.39, 0.29) is 17.8 Å². The summed E-state index contributed by atoms with van der Waals surface area (Å²) in [5, 5.41) is 3.96. The Kier molecular flexibility index (Phi) is 2.73. The van der Waals surface area contributed by atoms with Gasteiger partial charge in [0.2, 0.25) is 0 Å². The van der Waals surface area contributed by atoms with Crippen molar-refractivity contribution in [1.82, 2.24) is 9.78 Å². The minimum atomic E-state index is -0.132. The molecule has 0 spiro atoms. The van der Waals surface area contributed by atoms with Crippen molar-refractivity contribution in [2.24, 2.45) is 0 Å². The van der Waals surface area contributed by atoms with Crippen LogP contribution in [-0.2, 0) is 11.3 Å². The van der Waals surface area contributed by atoms with Crippen molar-refractivity contribution in [3.05, 3.63) is 22.5 Å². The van der Waals surface area contributed by atoms with Gasteiger partial charge in [-0.2, -0.15) is 5.10 Å². The lowest BCUT2D eigenvalue weighted by molar-refractivity contribution is 0.0429. The minimum Gasteiger partial charge on any atom is -0.382 e. The molecule has 0 radical (unpaired) electrons. The van der Waals surface area contributed by atoms with E-state index in [2.05, 4.69) is 5.10 Å². The molecule has 2 atom stereocenters. The van der Waals surface area contributed by atoms with Gasteiger partial charge >= 0.3 is 0 Å². The molecule has 5 nitrogen and oxygen atoms in total. The summed E-state index contributed by atoms with van der Waals surface area (Å²) in [5.74, 6) is 0.362. The molecule has 0 saturated carbocycles. The molecule has 15 heavy (non-hydrogen) atoms. The summed E-state index contributed by atoms with van der Waals surface area (Å²) in [5.41, 5.74) is 5.39. The first-order valence-electron chi connectivity index (χ1n) is 5.14. The van der Waals surface area contributed by atoms with Crippen molar-refractivity contribution in [2.75, 3.05) is 5.73 Å². The zero-order valence-corrected chi connectivity index (χ0v) is 8.72. The Morgan fingerprint density at radius 2 is 2.40 bits per heavy atom. The molecule has 2 unspecified atom stereocenters. The number of hydrogen-bond acceptors (Lipinski definition) is 4. The van der Waals surface area contributed by atoms with E-state index in [4.69, 9.17) is 10.5 Å². The van der Waals surface area contributed by atoms with Crippen LogP contribution in [0, 0.1) is 0 Å². The van der Waals surface area contributed by atoms with Gasteiger partial charge in [-0.1, -0.05) is 0 Å². The van der Waals surface area contributed by atoms with E-state index in [1.54, 1.807) is 0 Å². The largest absolute Gasteiger partial charge is 0.382 e. The molecule has 1 saturated heterocycles. The smallest absolute Gasteiger partial charge is 0.266 e. The van der Waals surface area contributed by atoms with Gasteiger partial charge in [0.15, 0.2) is 0 Å². The molecule has 2 heterocycles. The highest BCUT2D eigenvalue weighted by Crippen LogP contribution is 2.19.